The maximum absolute atomic E-state index is 12.1. The van der Waals surface area contributed by atoms with E-state index in [4.69, 9.17) is 4.74 Å². The predicted octanol–water partition coefficient (Wildman–Crippen LogP) is 3.95. The van der Waals surface area contributed by atoms with Gasteiger partial charge in [0.1, 0.15) is 5.75 Å². The Balaban J connectivity index is 2.08. The lowest BCUT2D eigenvalue weighted by Crippen LogP contribution is -2.15. The first kappa shape index (κ1) is 14.6. The molecule has 0 aliphatic heterocycles. The van der Waals surface area contributed by atoms with E-state index in [1.54, 1.807) is 7.11 Å². The molecule has 0 saturated carbocycles. The number of nitrogens with one attached hydrogen (secondary N) is 1. The lowest BCUT2D eigenvalue weighted by Gasteiger charge is -2.11. The van der Waals surface area contributed by atoms with Crippen LogP contribution in [-0.4, -0.2) is 13.0 Å². The van der Waals surface area contributed by atoms with Crippen LogP contribution in [0.3, 0.4) is 0 Å². The molecular weight excluding hydrogens is 318 g/mol. The summed E-state index contributed by atoms with van der Waals surface area (Å²) in [5, 5.41) is 2.89. The van der Waals surface area contributed by atoms with Gasteiger partial charge in [-0.05, 0) is 42.3 Å². The summed E-state index contributed by atoms with van der Waals surface area (Å²) in [5.41, 5.74) is 2.75. The van der Waals surface area contributed by atoms with Gasteiger partial charge in [-0.3, -0.25) is 4.79 Å². The lowest BCUT2D eigenvalue weighted by atomic mass is 10.1. The minimum atomic E-state index is -0.0591. The summed E-state index contributed by atoms with van der Waals surface area (Å²) in [6.45, 7) is 1.98. The molecule has 0 bridgehead atoms. The highest BCUT2D eigenvalue weighted by molar-refractivity contribution is 9.10. The van der Waals surface area contributed by atoms with E-state index in [1.165, 1.54) is 0 Å². The Morgan fingerprint density at radius 1 is 1.20 bits per heavy atom. The molecule has 0 heterocycles. The zero-order valence-electron chi connectivity index (χ0n) is 11.4. The third-order valence-corrected chi connectivity index (χ3v) is 3.44. The van der Waals surface area contributed by atoms with Gasteiger partial charge in [-0.15, -0.1) is 0 Å². The van der Waals surface area contributed by atoms with Crippen molar-refractivity contribution in [1.82, 2.24) is 0 Å². The molecule has 2 rings (SSSR count). The number of halogens is 1. The van der Waals surface area contributed by atoms with Crippen molar-refractivity contribution in [3.8, 4) is 5.75 Å². The largest absolute Gasteiger partial charge is 0.495 e. The first-order valence-electron chi connectivity index (χ1n) is 6.27. The van der Waals surface area contributed by atoms with E-state index in [-0.39, 0.29) is 5.91 Å². The van der Waals surface area contributed by atoms with Crippen LogP contribution >= 0.6 is 15.9 Å². The van der Waals surface area contributed by atoms with Crippen molar-refractivity contribution in [2.75, 3.05) is 12.4 Å². The van der Waals surface area contributed by atoms with E-state index in [2.05, 4.69) is 21.2 Å². The molecule has 0 unspecified atom stereocenters. The van der Waals surface area contributed by atoms with E-state index in [0.29, 0.717) is 17.9 Å². The lowest BCUT2D eigenvalue weighted by molar-refractivity contribution is -0.115. The topological polar surface area (TPSA) is 38.3 Å². The van der Waals surface area contributed by atoms with Crippen molar-refractivity contribution in [3.05, 3.63) is 58.1 Å². The minimum absolute atomic E-state index is 0.0591. The molecule has 1 N–H and O–H groups in total. The van der Waals surface area contributed by atoms with Crippen LogP contribution in [0.15, 0.2) is 46.9 Å². The van der Waals surface area contributed by atoms with Crippen molar-refractivity contribution in [2.24, 2.45) is 0 Å². The standard InChI is InChI=1S/C16H16BrNO2/c1-11-3-8-15(20-2)14(9-11)18-16(19)10-12-4-6-13(17)7-5-12/h3-9H,10H2,1-2H3,(H,18,19). The Kier molecular flexibility index (Phi) is 4.79. The van der Waals surface area contributed by atoms with Gasteiger partial charge >= 0.3 is 0 Å². The molecule has 104 valence electrons. The maximum Gasteiger partial charge on any atom is 0.228 e. The fourth-order valence-corrected chi connectivity index (χ4v) is 2.17. The van der Waals surface area contributed by atoms with Gasteiger partial charge < -0.3 is 10.1 Å². The SMILES string of the molecule is COc1ccc(C)cc1NC(=O)Cc1ccc(Br)cc1. The monoisotopic (exact) mass is 333 g/mol. The number of benzene rings is 2. The highest BCUT2D eigenvalue weighted by Gasteiger charge is 2.08. The number of aryl methyl sites for hydroxylation is 1. The molecule has 0 atom stereocenters. The number of carbonyl (C=O) groups excluding carboxylic acids is 1. The number of methoxy groups -OCH3 is 1. The second kappa shape index (κ2) is 6.57. The van der Waals surface area contributed by atoms with Gasteiger partial charge in [0.25, 0.3) is 0 Å². The number of anilines is 1. The van der Waals surface area contributed by atoms with Crippen molar-refractivity contribution < 1.29 is 9.53 Å². The number of rotatable bonds is 4. The third-order valence-electron chi connectivity index (χ3n) is 2.91. The molecule has 0 aliphatic rings. The number of hydrogen-bond acceptors (Lipinski definition) is 2. The van der Waals surface area contributed by atoms with Crippen LogP contribution in [0.5, 0.6) is 5.75 Å². The minimum Gasteiger partial charge on any atom is -0.495 e. The molecular formula is C16H16BrNO2. The van der Waals surface area contributed by atoms with Gasteiger partial charge in [-0.1, -0.05) is 34.1 Å². The molecule has 20 heavy (non-hydrogen) atoms. The first-order chi connectivity index (χ1) is 9.58. The Bertz CT molecular complexity index is 608. The van der Waals surface area contributed by atoms with Crippen LogP contribution in [0.4, 0.5) is 5.69 Å². The molecule has 2 aromatic carbocycles. The summed E-state index contributed by atoms with van der Waals surface area (Å²) in [7, 11) is 1.59. The van der Waals surface area contributed by atoms with Gasteiger partial charge in [0, 0.05) is 4.47 Å². The molecule has 0 radical (unpaired) electrons. The van der Waals surface area contributed by atoms with Crippen LogP contribution in [0.25, 0.3) is 0 Å². The maximum atomic E-state index is 12.1. The summed E-state index contributed by atoms with van der Waals surface area (Å²) in [6.07, 6.45) is 0.338. The number of ether oxygens (including phenoxy) is 1. The Morgan fingerprint density at radius 3 is 2.55 bits per heavy atom. The Morgan fingerprint density at radius 2 is 1.90 bits per heavy atom. The molecule has 0 aliphatic carbocycles. The van der Waals surface area contributed by atoms with E-state index in [9.17, 15) is 4.79 Å². The van der Waals surface area contributed by atoms with E-state index >= 15 is 0 Å². The Labute approximate surface area is 127 Å². The van der Waals surface area contributed by atoms with Crippen LogP contribution < -0.4 is 10.1 Å². The average molecular weight is 334 g/mol. The van der Waals surface area contributed by atoms with Crippen LogP contribution in [0, 0.1) is 6.92 Å². The normalized spacial score (nSPS) is 10.2. The summed E-state index contributed by atoms with van der Waals surface area (Å²) < 4.78 is 6.25. The molecule has 2 aromatic rings. The number of carbonyl (C=O) groups is 1. The van der Waals surface area contributed by atoms with Gasteiger partial charge in [-0.25, -0.2) is 0 Å². The number of amides is 1. The van der Waals surface area contributed by atoms with Crippen LogP contribution in [0.2, 0.25) is 0 Å². The quantitative estimate of drug-likeness (QED) is 0.919. The highest BCUT2D eigenvalue weighted by Crippen LogP contribution is 2.25. The highest BCUT2D eigenvalue weighted by atomic mass is 79.9. The first-order valence-corrected chi connectivity index (χ1v) is 7.06. The van der Waals surface area contributed by atoms with Gasteiger partial charge in [0.15, 0.2) is 0 Å². The summed E-state index contributed by atoms with van der Waals surface area (Å²) in [4.78, 5) is 12.1. The molecule has 0 fully saturated rings. The summed E-state index contributed by atoms with van der Waals surface area (Å²) in [5.74, 6) is 0.607. The zero-order chi connectivity index (χ0) is 14.5. The smallest absolute Gasteiger partial charge is 0.228 e. The van der Waals surface area contributed by atoms with Crippen molar-refractivity contribution >= 4 is 27.5 Å². The van der Waals surface area contributed by atoms with E-state index in [1.807, 2.05) is 49.4 Å². The predicted molar refractivity (Wildman–Crippen MR) is 84.2 cm³/mol. The van der Waals surface area contributed by atoms with Crippen LogP contribution in [0.1, 0.15) is 11.1 Å². The molecule has 3 nitrogen and oxygen atoms in total. The fourth-order valence-electron chi connectivity index (χ4n) is 1.90. The third kappa shape index (κ3) is 3.84. The van der Waals surface area contributed by atoms with Crippen molar-refractivity contribution in [2.45, 2.75) is 13.3 Å². The fraction of sp³-hybridized carbons (Fsp3) is 0.188. The summed E-state index contributed by atoms with van der Waals surface area (Å²) >= 11 is 3.38. The van der Waals surface area contributed by atoms with Crippen molar-refractivity contribution in [1.29, 1.82) is 0 Å². The molecule has 0 spiro atoms. The average Bonchev–Trinajstić information content (AvgIpc) is 2.41. The Hall–Kier alpha value is -1.81. The second-order valence-electron chi connectivity index (χ2n) is 4.56. The van der Waals surface area contributed by atoms with Gasteiger partial charge in [0.2, 0.25) is 5.91 Å². The molecule has 4 heteroatoms. The van der Waals surface area contributed by atoms with Crippen LogP contribution in [-0.2, 0) is 11.2 Å². The summed E-state index contributed by atoms with van der Waals surface area (Å²) in [6, 6.07) is 13.4. The molecule has 1 amide bonds. The van der Waals surface area contributed by atoms with Gasteiger partial charge in [-0.2, -0.15) is 0 Å². The zero-order valence-corrected chi connectivity index (χ0v) is 13.0. The number of hydrogen-bond donors (Lipinski definition) is 1. The van der Waals surface area contributed by atoms with E-state index in [0.717, 1.165) is 15.6 Å². The van der Waals surface area contributed by atoms with Crippen molar-refractivity contribution in [3.63, 3.8) is 0 Å². The van der Waals surface area contributed by atoms with Gasteiger partial charge in [0.05, 0.1) is 19.2 Å². The van der Waals surface area contributed by atoms with E-state index < -0.39 is 0 Å². The molecule has 0 aromatic heterocycles. The second-order valence-corrected chi connectivity index (χ2v) is 5.47. The molecule has 0 saturated heterocycles.